The second-order valence-electron chi connectivity index (χ2n) is 2.73. The highest BCUT2D eigenvalue weighted by atomic mass is 79.9. The van der Waals surface area contributed by atoms with Crippen molar-refractivity contribution in [2.24, 2.45) is 0 Å². The van der Waals surface area contributed by atoms with Crippen molar-refractivity contribution in [1.82, 2.24) is 0 Å². The smallest absolute Gasteiger partial charge is 0.180 e. The third kappa shape index (κ3) is 1.39. The fourth-order valence-corrected chi connectivity index (χ4v) is 1.84. The minimum Gasteiger partial charge on any atom is -0.295 e. The Hall–Kier alpha value is 0.0800. The van der Waals surface area contributed by atoms with Crippen LogP contribution in [0.3, 0.4) is 0 Å². The summed E-state index contributed by atoms with van der Waals surface area (Å²) < 4.78 is 13.3. The number of alkyl halides is 2. The molecule has 58 valence electrons. The van der Waals surface area contributed by atoms with Crippen LogP contribution in [0.25, 0.3) is 0 Å². The van der Waals surface area contributed by atoms with E-state index in [0.717, 1.165) is 12.8 Å². The number of carbonyl (C=O) groups is 1. The molecule has 0 aliphatic heterocycles. The van der Waals surface area contributed by atoms with Gasteiger partial charge in [-0.3, -0.25) is 4.79 Å². The van der Waals surface area contributed by atoms with Gasteiger partial charge in [0, 0.05) is 0 Å². The monoisotopic (exact) mass is 208 g/mol. The topological polar surface area (TPSA) is 17.1 Å². The Morgan fingerprint density at radius 1 is 1.50 bits per heavy atom. The number of ketones is 1. The summed E-state index contributed by atoms with van der Waals surface area (Å²) in [6.07, 6.45) is 2.57. The quantitative estimate of drug-likeness (QED) is 0.637. The zero-order valence-electron chi connectivity index (χ0n) is 5.70. The second kappa shape index (κ2) is 2.99. The highest BCUT2D eigenvalue weighted by Gasteiger charge is 2.39. The Morgan fingerprint density at radius 3 is 2.40 bits per heavy atom. The highest BCUT2D eigenvalue weighted by Crippen LogP contribution is 2.34. The maximum Gasteiger partial charge on any atom is 0.180 e. The normalized spacial score (nSPS) is 23.0. The lowest BCUT2D eigenvalue weighted by Gasteiger charge is -2.14. The lowest BCUT2D eigenvalue weighted by atomic mass is 10.0. The van der Waals surface area contributed by atoms with Crippen molar-refractivity contribution in [1.29, 1.82) is 0 Å². The van der Waals surface area contributed by atoms with Crippen LogP contribution in [0.1, 0.15) is 25.7 Å². The van der Waals surface area contributed by atoms with E-state index in [1.165, 1.54) is 0 Å². The Morgan fingerprint density at radius 2 is 2.00 bits per heavy atom. The summed E-state index contributed by atoms with van der Waals surface area (Å²) in [5.41, 5.74) is -1.48. The van der Waals surface area contributed by atoms with Crippen molar-refractivity contribution in [3.05, 3.63) is 0 Å². The lowest BCUT2D eigenvalue weighted by Crippen LogP contribution is -2.31. The summed E-state index contributed by atoms with van der Waals surface area (Å²) in [7, 11) is 0. The molecule has 1 aliphatic rings. The minimum absolute atomic E-state index is 0.156. The summed E-state index contributed by atoms with van der Waals surface area (Å²) >= 11 is 2.97. The van der Waals surface area contributed by atoms with E-state index in [9.17, 15) is 9.18 Å². The van der Waals surface area contributed by atoms with E-state index >= 15 is 0 Å². The van der Waals surface area contributed by atoms with Gasteiger partial charge in [-0.1, -0.05) is 15.9 Å². The molecule has 0 aromatic carbocycles. The Balaban J connectivity index is 2.58. The van der Waals surface area contributed by atoms with Crippen LogP contribution in [-0.2, 0) is 4.79 Å². The molecule has 3 heteroatoms. The van der Waals surface area contributed by atoms with Crippen LogP contribution in [0.15, 0.2) is 0 Å². The highest BCUT2D eigenvalue weighted by molar-refractivity contribution is 9.09. The average molecular weight is 209 g/mol. The number of carbonyl (C=O) groups excluding carboxylic acids is 1. The van der Waals surface area contributed by atoms with Crippen LogP contribution in [0, 0.1) is 0 Å². The van der Waals surface area contributed by atoms with Gasteiger partial charge in [0.1, 0.15) is 0 Å². The zero-order chi connectivity index (χ0) is 7.61. The lowest BCUT2D eigenvalue weighted by molar-refractivity contribution is -0.127. The SMILES string of the molecule is O=C(CBr)C1(F)CCCC1. The van der Waals surface area contributed by atoms with Gasteiger partial charge in [0.25, 0.3) is 0 Å². The fraction of sp³-hybridized carbons (Fsp3) is 0.857. The number of halogens is 2. The summed E-state index contributed by atoms with van der Waals surface area (Å²) in [6, 6.07) is 0. The van der Waals surface area contributed by atoms with Crippen molar-refractivity contribution in [2.45, 2.75) is 31.4 Å². The molecule has 0 atom stereocenters. The first-order valence-electron chi connectivity index (χ1n) is 3.47. The van der Waals surface area contributed by atoms with E-state index in [2.05, 4.69) is 15.9 Å². The van der Waals surface area contributed by atoms with E-state index in [-0.39, 0.29) is 11.1 Å². The molecule has 0 heterocycles. The van der Waals surface area contributed by atoms with E-state index < -0.39 is 5.67 Å². The molecule has 0 aromatic rings. The molecular weight excluding hydrogens is 199 g/mol. The van der Waals surface area contributed by atoms with Crippen molar-refractivity contribution in [3.8, 4) is 0 Å². The van der Waals surface area contributed by atoms with Gasteiger partial charge in [-0.15, -0.1) is 0 Å². The van der Waals surface area contributed by atoms with Crippen molar-refractivity contribution >= 4 is 21.7 Å². The fourth-order valence-electron chi connectivity index (χ4n) is 1.33. The van der Waals surface area contributed by atoms with E-state index in [0.29, 0.717) is 12.8 Å². The Labute approximate surface area is 68.1 Å². The predicted octanol–water partition coefficient (Wildman–Crippen LogP) is 2.23. The van der Waals surface area contributed by atoms with Gasteiger partial charge in [0.2, 0.25) is 0 Å². The van der Waals surface area contributed by atoms with Crippen molar-refractivity contribution < 1.29 is 9.18 Å². The molecule has 0 amide bonds. The maximum atomic E-state index is 13.3. The molecule has 0 unspecified atom stereocenters. The number of Topliss-reactive ketones (excluding diaryl/α,β-unsaturated/α-hetero) is 1. The second-order valence-corrected chi connectivity index (χ2v) is 3.29. The van der Waals surface area contributed by atoms with Gasteiger partial charge in [0.05, 0.1) is 5.33 Å². The van der Waals surface area contributed by atoms with Gasteiger partial charge in [-0.05, 0) is 25.7 Å². The molecule has 0 bridgehead atoms. The van der Waals surface area contributed by atoms with Crippen LogP contribution in [0.5, 0.6) is 0 Å². The Kier molecular flexibility index (Phi) is 2.45. The zero-order valence-corrected chi connectivity index (χ0v) is 7.29. The van der Waals surface area contributed by atoms with Gasteiger partial charge in [-0.25, -0.2) is 4.39 Å². The standard InChI is InChI=1S/C7H10BrFO/c8-5-6(10)7(9)3-1-2-4-7/h1-5H2. The first-order chi connectivity index (χ1) is 4.69. The van der Waals surface area contributed by atoms with Crippen LogP contribution in [0.4, 0.5) is 4.39 Å². The molecule has 0 radical (unpaired) electrons. The average Bonchev–Trinajstić information content (AvgIpc) is 2.36. The molecule has 0 N–H and O–H groups in total. The molecule has 0 aromatic heterocycles. The summed E-state index contributed by atoms with van der Waals surface area (Å²) in [4.78, 5) is 10.9. The molecule has 0 spiro atoms. The molecule has 1 aliphatic carbocycles. The third-order valence-electron chi connectivity index (χ3n) is 2.02. The van der Waals surface area contributed by atoms with Gasteiger partial charge in [0.15, 0.2) is 11.5 Å². The first kappa shape index (κ1) is 8.18. The Bertz CT molecular complexity index is 141. The first-order valence-corrected chi connectivity index (χ1v) is 4.59. The van der Waals surface area contributed by atoms with Crippen LogP contribution < -0.4 is 0 Å². The molecule has 10 heavy (non-hydrogen) atoms. The maximum absolute atomic E-state index is 13.3. The molecule has 0 saturated heterocycles. The summed E-state index contributed by atoms with van der Waals surface area (Å²) in [5, 5.41) is 0.156. The third-order valence-corrected chi connectivity index (χ3v) is 2.53. The molecule has 1 saturated carbocycles. The molecule has 1 nitrogen and oxygen atoms in total. The van der Waals surface area contributed by atoms with Gasteiger partial charge < -0.3 is 0 Å². The van der Waals surface area contributed by atoms with Crippen LogP contribution in [0.2, 0.25) is 0 Å². The van der Waals surface area contributed by atoms with Gasteiger partial charge in [-0.2, -0.15) is 0 Å². The molecule has 1 rings (SSSR count). The number of hydrogen-bond acceptors (Lipinski definition) is 1. The minimum atomic E-state index is -1.48. The number of hydrogen-bond donors (Lipinski definition) is 0. The molecule has 1 fully saturated rings. The van der Waals surface area contributed by atoms with Crippen molar-refractivity contribution in [2.75, 3.05) is 5.33 Å². The predicted molar refractivity (Wildman–Crippen MR) is 41.1 cm³/mol. The largest absolute Gasteiger partial charge is 0.295 e. The summed E-state index contributed by atoms with van der Waals surface area (Å²) in [5.74, 6) is -0.287. The van der Waals surface area contributed by atoms with Crippen LogP contribution >= 0.6 is 15.9 Å². The van der Waals surface area contributed by atoms with E-state index in [1.807, 2.05) is 0 Å². The van der Waals surface area contributed by atoms with E-state index in [4.69, 9.17) is 0 Å². The van der Waals surface area contributed by atoms with Crippen LogP contribution in [-0.4, -0.2) is 16.8 Å². The number of rotatable bonds is 2. The summed E-state index contributed by atoms with van der Waals surface area (Å²) in [6.45, 7) is 0. The van der Waals surface area contributed by atoms with Gasteiger partial charge >= 0.3 is 0 Å². The van der Waals surface area contributed by atoms with E-state index in [1.54, 1.807) is 0 Å². The molecular formula is C7H10BrFO. The van der Waals surface area contributed by atoms with Crippen molar-refractivity contribution in [3.63, 3.8) is 0 Å².